The molecule has 7 heteroatoms. The van der Waals surface area contributed by atoms with Crippen LogP contribution in [0.4, 0.5) is 0 Å². The first-order valence-electron chi connectivity index (χ1n) is 8.78. The highest BCUT2D eigenvalue weighted by atomic mass is 16.5. The molecule has 0 radical (unpaired) electrons. The summed E-state index contributed by atoms with van der Waals surface area (Å²) in [4.78, 5) is 14.8. The third kappa shape index (κ3) is 4.34. The smallest absolute Gasteiger partial charge is 0.249 e. The van der Waals surface area contributed by atoms with Crippen molar-refractivity contribution in [3.8, 4) is 0 Å². The van der Waals surface area contributed by atoms with E-state index in [1.165, 1.54) is 0 Å². The molecular formula is C17H28N4O3. The number of nitrogens with one attached hydrogen (secondary N) is 1. The Morgan fingerprint density at radius 3 is 2.83 bits per heavy atom. The fourth-order valence-corrected chi connectivity index (χ4v) is 3.23. The summed E-state index contributed by atoms with van der Waals surface area (Å²) >= 11 is 0. The van der Waals surface area contributed by atoms with Crippen molar-refractivity contribution < 1.29 is 14.3 Å². The van der Waals surface area contributed by atoms with Crippen LogP contribution in [-0.2, 0) is 19.8 Å². The van der Waals surface area contributed by atoms with E-state index >= 15 is 0 Å². The first-order chi connectivity index (χ1) is 11.5. The number of carbonyl (C=O) groups is 1. The van der Waals surface area contributed by atoms with E-state index < -0.39 is 0 Å². The summed E-state index contributed by atoms with van der Waals surface area (Å²) in [5, 5.41) is 7.28. The second-order valence-electron chi connectivity index (χ2n) is 7.22. The fraction of sp³-hybridized carbons (Fsp3) is 0.765. The standard InChI is InChI=1S/C17H28N4O3/c1-17(2,21-7-3-6-19-21)13-18-16(22)15-5-4-14(24-15)12-20-8-10-23-11-9-20/h3,6-7,14-15H,4-5,8-13H2,1-2H3,(H,18,22)/t14-,15+/m1/s1. The Bertz CT molecular complexity index is 526. The molecule has 1 aromatic heterocycles. The van der Waals surface area contributed by atoms with Crippen molar-refractivity contribution in [1.82, 2.24) is 20.0 Å². The topological polar surface area (TPSA) is 68.6 Å². The number of aromatic nitrogens is 2. The minimum atomic E-state index is -0.329. The third-order valence-electron chi connectivity index (χ3n) is 4.79. The molecule has 0 spiro atoms. The van der Waals surface area contributed by atoms with E-state index in [2.05, 4.69) is 29.2 Å². The van der Waals surface area contributed by atoms with Crippen molar-refractivity contribution in [3.63, 3.8) is 0 Å². The number of ether oxygens (including phenoxy) is 2. The molecule has 2 aliphatic heterocycles. The van der Waals surface area contributed by atoms with Gasteiger partial charge in [-0.05, 0) is 32.8 Å². The molecule has 1 amide bonds. The molecule has 2 fully saturated rings. The van der Waals surface area contributed by atoms with Gasteiger partial charge in [0.15, 0.2) is 0 Å². The number of carbonyl (C=O) groups excluding carboxylic acids is 1. The zero-order valence-electron chi connectivity index (χ0n) is 14.6. The highest BCUT2D eigenvalue weighted by Gasteiger charge is 2.33. The summed E-state index contributed by atoms with van der Waals surface area (Å²) in [6.07, 6.45) is 5.22. The maximum Gasteiger partial charge on any atom is 0.249 e. The van der Waals surface area contributed by atoms with Gasteiger partial charge in [0.05, 0.1) is 24.9 Å². The van der Waals surface area contributed by atoms with Gasteiger partial charge in [-0.3, -0.25) is 14.4 Å². The predicted molar refractivity (Wildman–Crippen MR) is 89.7 cm³/mol. The number of rotatable bonds is 6. The Hall–Kier alpha value is -1.44. The molecule has 0 bridgehead atoms. The summed E-state index contributed by atoms with van der Waals surface area (Å²) in [7, 11) is 0. The van der Waals surface area contributed by atoms with E-state index in [9.17, 15) is 4.79 Å². The first kappa shape index (κ1) is 17.4. The molecule has 134 valence electrons. The van der Waals surface area contributed by atoms with Crippen LogP contribution in [0.15, 0.2) is 18.5 Å². The largest absolute Gasteiger partial charge is 0.379 e. The first-order valence-corrected chi connectivity index (χ1v) is 8.78. The predicted octanol–water partition coefficient (Wildman–Crippen LogP) is 0.614. The van der Waals surface area contributed by atoms with Crippen molar-refractivity contribution in [2.75, 3.05) is 39.4 Å². The van der Waals surface area contributed by atoms with Crippen LogP contribution in [0.2, 0.25) is 0 Å². The summed E-state index contributed by atoms with van der Waals surface area (Å²) in [6, 6.07) is 1.89. The molecule has 3 heterocycles. The quantitative estimate of drug-likeness (QED) is 0.824. The monoisotopic (exact) mass is 336 g/mol. The Labute approximate surface area is 143 Å². The van der Waals surface area contributed by atoms with Crippen LogP contribution in [0.25, 0.3) is 0 Å². The summed E-state index contributed by atoms with van der Waals surface area (Å²) in [5.41, 5.74) is -0.259. The Morgan fingerprint density at radius 2 is 2.12 bits per heavy atom. The second kappa shape index (κ2) is 7.63. The van der Waals surface area contributed by atoms with Crippen LogP contribution in [0.1, 0.15) is 26.7 Å². The maximum absolute atomic E-state index is 12.4. The number of hydrogen-bond acceptors (Lipinski definition) is 5. The molecule has 0 unspecified atom stereocenters. The zero-order chi connectivity index (χ0) is 17.0. The van der Waals surface area contributed by atoms with Crippen molar-refractivity contribution in [3.05, 3.63) is 18.5 Å². The van der Waals surface area contributed by atoms with E-state index in [1.807, 2.05) is 16.9 Å². The lowest BCUT2D eigenvalue weighted by molar-refractivity contribution is -0.133. The highest BCUT2D eigenvalue weighted by molar-refractivity contribution is 5.81. The number of nitrogens with zero attached hydrogens (tertiary/aromatic N) is 3. The fourth-order valence-electron chi connectivity index (χ4n) is 3.23. The van der Waals surface area contributed by atoms with E-state index in [0.717, 1.165) is 45.7 Å². The summed E-state index contributed by atoms with van der Waals surface area (Å²) < 4.78 is 13.2. The Morgan fingerprint density at radius 1 is 1.33 bits per heavy atom. The molecule has 3 rings (SSSR count). The lowest BCUT2D eigenvalue weighted by Crippen LogP contribution is -2.45. The molecule has 24 heavy (non-hydrogen) atoms. The van der Waals surface area contributed by atoms with Gasteiger partial charge in [-0.25, -0.2) is 0 Å². The molecule has 1 N–H and O–H groups in total. The molecule has 2 saturated heterocycles. The van der Waals surface area contributed by atoms with Gasteiger partial charge in [0.1, 0.15) is 6.10 Å². The Kier molecular flexibility index (Phi) is 5.53. The van der Waals surface area contributed by atoms with Gasteiger partial charge >= 0.3 is 0 Å². The second-order valence-corrected chi connectivity index (χ2v) is 7.22. The van der Waals surface area contributed by atoms with Crippen LogP contribution in [0.3, 0.4) is 0 Å². The Balaban J connectivity index is 1.43. The van der Waals surface area contributed by atoms with Gasteiger partial charge in [0, 0.05) is 38.6 Å². The van der Waals surface area contributed by atoms with Gasteiger partial charge in [-0.2, -0.15) is 5.10 Å². The molecule has 0 aromatic carbocycles. The van der Waals surface area contributed by atoms with Crippen molar-refractivity contribution in [1.29, 1.82) is 0 Å². The van der Waals surface area contributed by atoms with Gasteiger partial charge in [-0.15, -0.1) is 0 Å². The van der Waals surface area contributed by atoms with Crippen LogP contribution >= 0.6 is 0 Å². The van der Waals surface area contributed by atoms with E-state index in [0.29, 0.717) is 6.54 Å². The number of morpholine rings is 1. The lowest BCUT2D eigenvalue weighted by Gasteiger charge is -2.29. The lowest BCUT2D eigenvalue weighted by atomic mass is 10.1. The maximum atomic E-state index is 12.4. The van der Waals surface area contributed by atoms with E-state index in [1.54, 1.807) is 6.20 Å². The molecule has 2 aliphatic rings. The number of hydrogen-bond donors (Lipinski definition) is 1. The molecule has 0 aliphatic carbocycles. The van der Waals surface area contributed by atoms with E-state index in [-0.39, 0.29) is 23.7 Å². The molecular weight excluding hydrogens is 308 g/mol. The van der Waals surface area contributed by atoms with Crippen LogP contribution in [0, 0.1) is 0 Å². The van der Waals surface area contributed by atoms with Crippen LogP contribution in [0.5, 0.6) is 0 Å². The SMILES string of the molecule is CC(C)(CNC(=O)[C@@H]1CC[C@H](CN2CCOCC2)O1)n1cccn1. The molecule has 0 saturated carbocycles. The van der Waals surface area contributed by atoms with Crippen LogP contribution in [-0.4, -0.2) is 72.2 Å². The van der Waals surface area contributed by atoms with Crippen molar-refractivity contribution in [2.24, 2.45) is 0 Å². The molecule has 2 atom stereocenters. The summed E-state index contributed by atoms with van der Waals surface area (Å²) in [5.74, 6) is -0.0142. The zero-order valence-corrected chi connectivity index (χ0v) is 14.6. The van der Waals surface area contributed by atoms with Gasteiger partial charge in [0.25, 0.3) is 0 Å². The van der Waals surface area contributed by atoms with E-state index in [4.69, 9.17) is 9.47 Å². The van der Waals surface area contributed by atoms with Gasteiger partial charge in [0.2, 0.25) is 5.91 Å². The average Bonchev–Trinajstić information content (AvgIpc) is 3.26. The van der Waals surface area contributed by atoms with Crippen LogP contribution < -0.4 is 5.32 Å². The average molecular weight is 336 g/mol. The van der Waals surface area contributed by atoms with Gasteiger partial charge < -0.3 is 14.8 Å². The summed E-state index contributed by atoms with van der Waals surface area (Å²) in [6.45, 7) is 9.02. The van der Waals surface area contributed by atoms with Crippen molar-refractivity contribution in [2.45, 2.75) is 44.4 Å². The van der Waals surface area contributed by atoms with Crippen molar-refractivity contribution >= 4 is 5.91 Å². The molecule has 7 nitrogen and oxygen atoms in total. The third-order valence-corrected chi connectivity index (χ3v) is 4.79. The normalized spacial score (nSPS) is 25.8. The highest BCUT2D eigenvalue weighted by Crippen LogP contribution is 2.21. The minimum Gasteiger partial charge on any atom is -0.379 e. The van der Waals surface area contributed by atoms with Gasteiger partial charge in [-0.1, -0.05) is 0 Å². The minimum absolute atomic E-state index is 0.0142. The molecule has 1 aromatic rings. The number of amides is 1.